The molecule has 2 aromatic rings. The molecule has 1 aromatic heterocycles. The summed E-state index contributed by atoms with van der Waals surface area (Å²) in [6.45, 7) is 0.636. The van der Waals surface area contributed by atoms with Crippen LogP contribution in [0.1, 0.15) is 10.4 Å². The minimum Gasteiger partial charge on any atom is -0.489 e. The van der Waals surface area contributed by atoms with Crippen molar-refractivity contribution in [2.45, 2.75) is 0 Å². The lowest BCUT2D eigenvalue weighted by atomic mass is 10.2. The summed E-state index contributed by atoms with van der Waals surface area (Å²) in [7, 11) is 0. The fraction of sp³-hybridized carbons (Fsp3) is 0.154. The number of benzene rings is 1. The van der Waals surface area contributed by atoms with Gasteiger partial charge in [0.1, 0.15) is 24.3 Å². The molecule has 0 aliphatic carbocycles. The van der Waals surface area contributed by atoms with Crippen LogP contribution in [-0.4, -0.2) is 19.1 Å². The first kappa shape index (κ1) is 12.2. The third-order valence-corrected chi connectivity index (χ3v) is 3.27. The van der Waals surface area contributed by atoms with E-state index in [-0.39, 0.29) is 11.6 Å². The van der Waals surface area contributed by atoms with E-state index in [4.69, 9.17) is 9.15 Å². The highest BCUT2D eigenvalue weighted by Crippen LogP contribution is 2.35. The van der Waals surface area contributed by atoms with Crippen LogP contribution >= 0.6 is 15.9 Å². The summed E-state index contributed by atoms with van der Waals surface area (Å²) in [5.41, 5.74) is 0.541. The van der Waals surface area contributed by atoms with Gasteiger partial charge in [-0.05, 0) is 28.1 Å². The third kappa shape index (κ3) is 2.12. The Hall–Kier alpha value is -1.82. The van der Waals surface area contributed by atoms with Gasteiger partial charge < -0.3 is 9.15 Å². The highest BCUT2D eigenvalue weighted by molar-refractivity contribution is 9.10. The lowest BCUT2D eigenvalue weighted by Gasteiger charge is -2.29. The number of nitrogens with zero attached hydrogens (tertiary/aromatic N) is 1. The molecule has 98 valence electrons. The van der Waals surface area contributed by atoms with Crippen LogP contribution in [0, 0.1) is 5.82 Å². The molecule has 1 amide bonds. The van der Waals surface area contributed by atoms with Crippen molar-refractivity contribution in [1.29, 1.82) is 0 Å². The molecule has 0 saturated carbocycles. The molecule has 3 rings (SSSR count). The maximum Gasteiger partial charge on any atom is 0.261 e. The van der Waals surface area contributed by atoms with Crippen LogP contribution in [0.15, 0.2) is 39.6 Å². The first-order valence-corrected chi connectivity index (χ1v) is 6.43. The van der Waals surface area contributed by atoms with Gasteiger partial charge in [0.15, 0.2) is 10.5 Å². The molecule has 0 fully saturated rings. The zero-order valence-corrected chi connectivity index (χ0v) is 11.3. The average molecular weight is 326 g/mol. The molecule has 1 aliphatic rings. The van der Waals surface area contributed by atoms with E-state index in [2.05, 4.69) is 15.9 Å². The molecule has 0 bridgehead atoms. The number of ether oxygens (including phenoxy) is 1. The minimum absolute atomic E-state index is 0.177. The molecule has 19 heavy (non-hydrogen) atoms. The van der Waals surface area contributed by atoms with E-state index >= 15 is 0 Å². The Morgan fingerprint density at radius 2 is 2.26 bits per heavy atom. The fourth-order valence-corrected chi connectivity index (χ4v) is 2.35. The number of anilines is 1. The van der Waals surface area contributed by atoms with Gasteiger partial charge in [-0.3, -0.25) is 9.69 Å². The van der Waals surface area contributed by atoms with E-state index in [1.165, 1.54) is 17.2 Å². The van der Waals surface area contributed by atoms with Crippen molar-refractivity contribution >= 4 is 27.5 Å². The molecule has 4 nitrogen and oxygen atoms in total. The molecule has 1 aliphatic heterocycles. The Bertz CT molecular complexity index is 641. The van der Waals surface area contributed by atoms with E-state index in [1.807, 2.05) is 0 Å². The van der Waals surface area contributed by atoms with Crippen molar-refractivity contribution in [3.05, 3.63) is 46.6 Å². The van der Waals surface area contributed by atoms with Gasteiger partial charge in [-0.25, -0.2) is 4.39 Å². The molecule has 1 aromatic carbocycles. The van der Waals surface area contributed by atoms with Crippen LogP contribution in [0.4, 0.5) is 10.1 Å². The van der Waals surface area contributed by atoms with Gasteiger partial charge in [-0.15, -0.1) is 0 Å². The van der Waals surface area contributed by atoms with Crippen LogP contribution in [0.25, 0.3) is 0 Å². The number of fused-ring (bicyclic) bond motifs is 1. The van der Waals surface area contributed by atoms with Crippen LogP contribution in [0.5, 0.6) is 5.75 Å². The van der Waals surface area contributed by atoms with Crippen LogP contribution in [0.2, 0.25) is 0 Å². The fourth-order valence-electron chi connectivity index (χ4n) is 2.01. The Balaban J connectivity index is 2.02. The normalized spacial score (nSPS) is 13.9. The molecule has 0 spiro atoms. The third-order valence-electron chi connectivity index (χ3n) is 2.85. The minimum atomic E-state index is -0.479. The van der Waals surface area contributed by atoms with E-state index in [0.29, 0.717) is 29.1 Å². The summed E-state index contributed by atoms with van der Waals surface area (Å²) in [5.74, 6) is -0.417. The summed E-state index contributed by atoms with van der Waals surface area (Å²) in [6, 6.07) is 6.05. The van der Waals surface area contributed by atoms with Crippen molar-refractivity contribution in [2.24, 2.45) is 0 Å². The molecule has 0 N–H and O–H groups in total. The van der Waals surface area contributed by atoms with Gasteiger partial charge in [-0.2, -0.15) is 0 Å². The Kier molecular flexibility index (Phi) is 3.02. The van der Waals surface area contributed by atoms with E-state index < -0.39 is 5.82 Å². The lowest BCUT2D eigenvalue weighted by Crippen LogP contribution is -2.38. The maximum atomic E-state index is 13.9. The molecular formula is C13H9BrFNO3. The number of furan rings is 1. The quantitative estimate of drug-likeness (QED) is 0.808. The summed E-state index contributed by atoms with van der Waals surface area (Å²) in [5, 5.41) is 0. The monoisotopic (exact) mass is 325 g/mol. The lowest BCUT2D eigenvalue weighted by molar-refractivity contribution is 0.0974. The Labute approximate surface area is 116 Å². The van der Waals surface area contributed by atoms with Crippen LogP contribution < -0.4 is 9.64 Å². The average Bonchev–Trinajstić information content (AvgIpc) is 2.84. The van der Waals surface area contributed by atoms with E-state index in [1.54, 1.807) is 18.2 Å². The van der Waals surface area contributed by atoms with Crippen LogP contribution in [0.3, 0.4) is 0 Å². The van der Waals surface area contributed by atoms with Crippen molar-refractivity contribution in [2.75, 3.05) is 18.1 Å². The largest absolute Gasteiger partial charge is 0.489 e. The molecule has 0 radical (unpaired) electrons. The summed E-state index contributed by atoms with van der Waals surface area (Å²) < 4.78 is 24.8. The van der Waals surface area contributed by atoms with Crippen molar-refractivity contribution in [1.82, 2.24) is 0 Å². The highest BCUT2D eigenvalue weighted by atomic mass is 79.9. The smallest absolute Gasteiger partial charge is 0.261 e. The standard InChI is InChI=1S/C13H9BrFNO3/c14-11-6-8(7-19-11)13(17)16-4-5-18-10-3-1-2-9(15)12(10)16/h1-3,6-7H,4-5H2. The zero-order valence-electron chi connectivity index (χ0n) is 9.73. The number of halogens is 2. The molecule has 6 heteroatoms. The van der Waals surface area contributed by atoms with Gasteiger partial charge >= 0.3 is 0 Å². The second-order valence-corrected chi connectivity index (χ2v) is 4.81. The van der Waals surface area contributed by atoms with Gasteiger partial charge in [0.05, 0.1) is 12.1 Å². The zero-order chi connectivity index (χ0) is 13.4. The molecule has 0 unspecified atom stereocenters. The number of hydrogen-bond donors (Lipinski definition) is 0. The number of carbonyl (C=O) groups is 1. The topological polar surface area (TPSA) is 42.7 Å². The number of hydrogen-bond acceptors (Lipinski definition) is 3. The second kappa shape index (κ2) is 4.70. The molecular weight excluding hydrogens is 317 g/mol. The SMILES string of the molecule is O=C(c1coc(Br)c1)N1CCOc2cccc(F)c21. The Morgan fingerprint density at radius 1 is 1.42 bits per heavy atom. The number of amides is 1. The molecule has 0 saturated heterocycles. The summed E-state index contributed by atoms with van der Waals surface area (Å²) in [6.07, 6.45) is 1.34. The van der Waals surface area contributed by atoms with Gasteiger partial charge in [-0.1, -0.05) is 6.07 Å². The summed E-state index contributed by atoms with van der Waals surface area (Å²) in [4.78, 5) is 13.7. The van der Waals surface area contributed by atoms with Crippen molar-refractivity contribution in [3.8, 4) is 5.75 Å². The summed E-state index contributed by atoms with van der Waals surface area (Å²) >= 11 is 3.13. The van der Waals surface area contributed by atoms with E-state index in [0.717, 1.165) is 0 Å². The number of para-hydroxylation sites is 1. The van der Waals surface area contributed by atoms with E-state index in [9.17, 15) is 9.18 Å². The number of carbonyl (C=O) groups excluding carboxylic acids is 1. The van der Waals surface area contributed by atoms with Gasteiger partial charge in [0.25, 0.3) is 5.91 Å². The maximum absolute atomic E-state index is 13.9. The molecule has 0 atom stereocenters. The highest BCUT2D eigenvalue weighted by Gasteiger charge is 2.28. The van der Waals surface area contributed by atoms with Crippen molar-refractivity contribution in [3.63, 3.8) is 0 Å². The predicted molar refractivity (Wildman–Crippen MR) is 70.0 cm³/mol. The van der Waals surface area contributed by atoms with Crippen molar-refractivity contribution < 1.29 is 18.3 Å². The first-order chi connectivity index (χ1) is 9.16. The predicted octanol–water partition coefficient (Wildman–Crippen LogP) is 3.22. The second-order valence-electron chi connectivity index (χ2n) is 4.03. The van der Waals surface area contributed by atoms with Gasteiger partial charge in [0, 0.05) is 6.07 Å². The first-order valence-electron chi connectivity index (χ1n) is 5.64. The Morgan fingerprint density at radius 3 is 3.00 bits per heavy atom. The van der Waals surface area contributed by atoms with Crippen LogP contribution in [-0.2, 0) is 0 Å². The number of rotatable bonds is 1. The molecule has 2 heterocycles. The van der Waals surface area contributed by atoms with Gasteiger partial charge in [0.2, 0.25) is 0 Å².